The number of aromatic nitrogens is 1. The van der Waals surface area contributed by atoms with Crippen LogP contribution >= 0.6 is 0 Å². The maximum atomic E-state index is 13.0. The molecule has 0 saturated heterocycles. The van der Waals surface area contributed by atoms with Crippen LogP contribution in [0, 0.1) is 0 Å². The number of carbonyl (C=O) groups excluding carboxylic acids is 1. The van der Waals surface area contributed by atoms with Gasteiger partial charge in [-0.05, 0) is 18.6 Å². The largest absolute Gasteiger partial charge is 0.373 e. The Balaban J connectivity index is 1.99. The van der Waals surface area contributed by atoms with Crippen molar-refractivity contribution in [3.8, 4) is 0 Å². The van der Waals surface area contributed by atoms with E-state index in [1.165, 1.54) is 0 Å². The summed E-state index contributed by atoms with van der Waals surface area (Å²) in [6, 6.07) is 9.52. The first kappa shape index (κ1) is 13.6. The highest BCUT2D eigenvalue weighted by Gasteiger charge is 2.26. The SMILES string of the molecule is CCCC(C(=O)c1ccnc2ccccc12)N1C=CNC1. The summed E-state index contributed by atoms with van der Waals surface area (Å²) in [5.74, 6) is 0.170. The molecule has 0 radical (unpaired) electrons. The Labute approximate surface area is 124 Å². The second-order valence-electron chi connectivity index (χ2n) is 5.24. The van der Waals surface area contributed by atoms with Gasteiger partial charge in [0.05, 0.1) is 18.2 Å². The molecule has 21 heavy (non-hydrogen) atoms. The molecule has 108 valence electrons. The highest BCUT2D eigenvalue weighted by atomic mass is 16.1. The van der Waals surface area contributed by atoms with Gasteiger partial charge < -0.3 is 10.2 Å². The number of rotatable bonds is 5. The van der Waals surface area contributed by atoms with E-state index >= 15 is 0 Å². The molecule has 1 aliphatic heterocycles. The molecule has 1 aromatic heterocycles. The molecular weight excluding hydrogens is 262 g/mol. The first-order chi connectivity index (χ1) is 10.3. The number of pyridine rings is 1. The smallest absolute Gasteiger partial charge is 0.185 e. The molecule has 1 atom stereocenters. The lowest BCUT2D eigenvalue weighted by Gasteiger charge is -2.26. The first-order valence-electron chi connectivity index (χ1n) is 7.35. The molecule has 4 heteroatoms. The van der Waals surface area contributed by atoms with Crippen molar-refractivity contribution in [3.63, 3.8) is 0 Å². The average Bonchev–Trinajstić information content (AvgIpc) is 3.05. The first-order valence-corrected chi connectivity index (χ1v) is 7.35. The van der Waals surface area contributed by atoms with Gasteiger partial charge in [-0.1, -0.05) is 31.5 Å². The van der Waals surface area contributed by atoms with Gasteiger partial charge in [-0.15, -0.1) is 0 Å². The van der Waals surface area contributed by atoms with Crippen molar-refractivity contribution >= 4 is 16.7 Å². The molecule has 0 spiro atoms. The van der Waals surface area contributed by atoms with Crippen LogP contribution in [-0.2, 0) is 0 Å². The average molecular weight is 281 g/mol. The Morgan fingerprint density at radius 2 is 2.24 bits per heavy atom. The van der Waals surface area contributed by atoms with Gasteiger partial charge in [-0.25, -0.2) is 0 Å². The van der Waals surface area contributed by atoms with Gasteiger partial charge in [0, 0.05) is 29.5 Å². The molecule has 1 N–H and O–H groups in total. The predicted molar refractivity (Wildman–Crippen MR) is 83.8 cm³/mol. The summed E-state index contributed by atoms with van der Waals surface area (Å²) in [6.07, 6.45) is 7.39. The zero-order valence-electron chi connectivity index (χ0n) is 12.1. The molecule has 1 unspecified atom stereocenters. The summed E-state index contributed by atoms with van der Waals surface area (Å²) in [4.78, 5) is 19.4. The maximum absolute atomic E-state index is 13.0. The normalized spacial score (nSPS) is 15.2. The lowest BCUT2D eigenvalue weighted by atomic mass is 9.97. The number of benzene rings is 1. The second-order valence-corrected chi connectivity index (χ2v) is 5.24. The van der Waals surface area contributed by atoms with Crippen molar-refractivity contribution in [2.75, 3.05) is 6.67 Å². The van der Waals surface area contributed by atoms with E-state index in [0.717, 1.165) is 29.3 Å². The van der Waals surface area contributed by atoms with Crippen molar-refractivity contribution in [1.82, 2.24) is 15.2 Å². The fourth-order valence-corrected chi connectivity index (χ4v) is 2.78. The molecular formula is C17H19N3O. The van der Waals surface area contributed by atoms with E-state index in [1.54, 1.807) is 6.20 Å². The number of nitrogens with one attached hydrogen (secondary N) is 1. The van der Waals surface area contributed by atoms with Crippen LogP contribution < -0.4 is 5.32 Å². The summed E-state index contributed by atoms with van der Waals surface area (Å²) in [5.41, 5.74) is 1.63. The Morgan fingerprint density at radius 3 is 3.00 bits per heavy atom. The molecule has 1 aliphatic rings. The fraction of sp³-hybridized carbons (Fsp3) is 0.294. The number of ketones is 1. The molecule has 0 saturated carbocycles. The number of carbonyl (C=O) groups is 1. The molecule has 0 fully saturated rings. The van der Waals surface area contributed by atoms with E-state index in [-0.39, 0.29) is 11.8 Å². The Kier molecular flexibility index (Phi) is 3.86. The molecule has 0 amide bonds. The lowest BCUT2D eigenvalue weighted by Crippen LogP contribution is -2.38. The topological polar surface area (TPSA) is 45.2 Å². The molecule has 3 rings (SSSR count). The molecule has 2 heterocycles. The fourth-order valence-electron chi connectivity index (χ4n) is 2.78. The van der Waals surface area contributed by atoms with Crippen LogP contribution in [0.4, 0.5) is 0 Å². The third-order valence-electron chi connectivity index (χ3n) is 3.84. The van der Waals surface area contributed by atoms with Crippen LogP contribution in [0.3, 0.4) is 0 Å². The number of hydrogen-bond acceptors (Lipinski definition) is 4. The Hall–Kier alpha value is -2.36. The molecule has 0 aliphatic carbocycles. The maximum Gasteiger partial charge on any atom is 0.185 e. The number of fused-ring (bicyclic) bond motifs is 1. The second kappa shape index (κ2) is 5.95. The van der Waals surface area contributed by atoms with Crippen molar-refractivity contribution in [1.29, 1.82) is 0 Å². The van der Waals surface area contributed by atoms with Gasteiger partial charge >= 0.3 is 0 Å². The van der Waals surface area contributed by atoms with Gasteiger partial charge in [0.2, 0.25) is 0 Å². The van der Waals surface area contributed by atoms with E-state index in [1.807, 2.05) is 42.7 Å². The van der Waals surface area contributed by atoms with E-state index < -0.39 is 0 Å². The Morgan fingerprint density at radius 1 is 1.38 bits per heavy atom. The van der Waals surface area contributed by atoms with Crippen LogP contribution in [-0.4, -0.2) is 28.4 Å². The molecule has 4 nitrogen and oxygen atoms in total. The van der Waals surface area contributed by atoms with E-state index in [2.05, 4.69) is 22.1 Å². The lowest BCUT2D eigenvalue weighted by molar-refractivity contribution is 0.0867. The minimum absolute atomic E-state index is 0.118. The number of Topliss-reactive ketones (excluding diaryl/α,β-unsaturated/α-hetero) is 1. The number of nitrogens with zero attached hydrogens (tertiary/aromatic N) is 2. The zero-order chi connectivity index (χ0) is 14.7. The summed E-state index contributed by atoms with van der Waals surface area (Å²) in [5, 5.41) is 4.07. The minimum Gasteiger partial charge on any atom is -0.373 e. The predicted octanol–water partition coefficient (Wildman–Crippen LogP) is 2.92. The highest BCUT2D eigenvalue weighted by molar-refractivity contribution is 6.09. The summed E-state index contributed by atoms with van der Waals surface area (Å²) in [7, 11) is 0. The third kappa shape index (κ3) is 2.61. The zero-order valence-corrected chi connectivity index (χ0v) is 12.1. The van der Waals surface area contributed by atoms with E-state index in [9.17, 15) is 4.79 Å². The van der Waals surface area contributed by atoms with Crippen molar-refractivity contribution in [3.05, 3.63) is 54.5 Å². The number of hydrogen-bond donors (Lipinski definition) is 1. The van der Waals surface area contributed by atoms with Crippen LogP contribution in [0.5, 0.6) is 0 Å². The van der Waals surface area contributed by atoms with Crippen molar-refractivity contribution < 1.29 is 4.79 Å². The summed E-state index contributed by atoms with van der Waals surface area (Å²) in [6.45, 7) is 2.80. The van der Waals surface area contributed by atoms with Crippen LogP contribution in [0.2, 0.25) is 0 Å². The van der Waals surface area contributed by atoms with Gasteiger partial charge in [0.15, 0.2) is 5.78 Å². The third-order valence-corrected chi connectivity index (χ3v) is 3.84. The van der Waals surface area contributed by atoms with Crippen LogP contribution in [0.1, 0.15) is 30.1 Å². The van der Waals surface area contributed by atoms with Gasteiger partial charge in [-0.2, -0.15) is 0 Å². The quantitative estimate of drug-likeness (QED) is 0.856. The Bertz CT molecular complexity index is 675. The monoisotopic (exact) mass is 281 g/mol. The summed E-state index contributed by atoms with van der Waals surface area (Å²) >= 11 is 0. The van der Waals surface area contributed by atoms with Crippen molar-refractivity contribution in [2.24, 2.45) is 0 Å². The van der Waals surface area contributed by atoms with E-state index in [4.69, 9.17) is 0 Å². The van der Waals surface area contributed by atoms with Crippen LogP contribution in [0.25, 0.3) is 10.9 Å². The van der Waals surface area contributed by atoms with Crippen molar-refractivity contribution in [2.45, 2.75) is 25.8 Å². The molecule has 1 aromatic carbocycles. The van der Waals surface area contributed by atoms with Gasteiger partial charge in [0.1, 0.15) is 0 Å². The molecule has 0 bridgehead atoms. The van der Waals surface area contributed by atoms with Crippen LogP contribution in [0.15, 0.2) is 48.9 Å². The minimum atomic E-state index is -0.118. The summed E-state index contributed by atoms with van der Waals surface area (Å²) < 4.78 is 0. The van der Waals surface area contributed by atoms with Gasteiger partial charge in [0.25, 0.3) is 0 Å². The standard InChI is InChI=1S/C17H19N3O/c1-2-5-16(20-11-10-18-12-20)17(21)14-8-9-19-15-7-4-3-6-13(14)15/h3-4,6-11,16,18H,2,5,12H2,1H3. The van der Waals surface area contributed by atoms with E-state index in [0.29, 0.717) is 6.67 Å². The highest BCUT2D eigenvalue weighted by Crippen LogP contribution is 2.22. The molecule has 2 aromatic rings. The number of para-hydroxylation sites is 1. The van der Waals surface area contributed by atoms with Gasteiger partial charge in [-0.3, -0.25) is 9.78 Å².